The second-order valence-electron chi connectivity index (χ2n) is 3.99. The molecule has 0 aromatic carbocycles. The first-order chi connectivity index (χ1) is 6.92. The Kier molecular flexibility index (Phi) is 2.23. The van der Waals surface area contributed by atoms with Crippen LogP contribution in [0.1, 0.15) is 25.0 Å². The summed E-state index contributed by atoms with van der Waals surface area (Å²) in [6, 6.07) is 0.537. The highest BCUT2D eigenvalue weighted by molar-refractivity contribution is 7.03. The molecular weight excluding hydrogens is 198 g/mol. The lowest BCUT2D eigenvalue weighted by Gasteiger charge is -2.19. The van der Waals surface area contributed by atoms with Crippen molar-refractivity contribution in [3.63, 3.8) is 0 Å². The molecule has 0 radical (unpaired) electrons. The van der Waals surface area contributed by atoms with Crippen molar-refractivity contribution >= 4 is 11.5 Å². The molecule has 2 aliphatic heterocycles. The van der Waals surface area contributed by atoms with Crippen molar-refractivity contribution in [1.82, 2.24) is 14.9 Å². The Labute approximate surface area is 86.8 Å². The zero-order valence-corrected chi connectivity index (χ0v) is 8.67. The highest BCUT2D eigenvalue weighted by Gasteiger charge is 2.40. The van der Waals surface area contributed by atoms with Gasteiger partial charge in [-0.2, -0.15) is 0 Å². The molecule has 0 amide bonds. The smallest absolute Gasteiger partial charge is 0.0893 e. The van der Waals surface area contributed by atoms with Crippen molar-refractivity contribution in [3.05, 3.63) is 11.1 Å². The number of nitrogens with zero attached hydrogens (tertiary/aromatic N) is 2. The summed E-state index contributed by atoms with van der Waals surface area (Å²) in [5, 5.41) is 9.49. The van der Waals surface area contributed by atoms with Gasteiger partial charge in [0.25, 0.3) is 0 Å². The van der Waals surface area contributed by atoms with E-state index in [0.717, 1.165) is 12.2 Å². The van der Waals surface area contributed by atoms with Gasteiger partial charge in [-0.05, 0) is 30.8 Å². The summed E-state index contributed by atoms with van der Waals surface area (Å²) in [4.78, 5) is 0. The third-order valence-electron chi connectivity index (χ3n) is 3.06. The summed E-state index contributed by atoms with van der Waals surface area (Å²) in [5.74, 6) is 0. The second kappa shape index (κ2) is 3.56. The maximum Gasteiger partial charge on any atom is 0.0893 e. The Balaban J connectivity index is 1.54. The molecule has 1 aromatic rings. The third kappa shape index (κ3) is 1.55. The maximum absolute atomic E-state index is 5.76. The van der Waals surface area contributed by atoms with E-state index in [2.05, 4.69) is 14.9 Å². The predicted octanol–water partition coefficient (Wildman–Crippen LogP) is 0.948. The molecule has 3 unspecified atom stereocenters. The summed E-state index contributed by atoms with van der Waals surface area (Å²) in [6.07, 6.45) is 4.61. The van der Waals surface area contributed by atoms with Gasteiger partial charge in [0.1, 0.15) is 0 Å². The van der Waals surface area contributed by atoms with Crippen molar-refractivity contribution in [2.24, 2.45) is 0 Å². The van der Waals surface area contributed by atoms with Crippen LogP contribution in [0.5, 0.6) is 0 Å². The average Bonchev–Trinajstić information content (AvgIpc) is 2.91. The zero-order valence-electron chi connectivity index (χ0n) is 7.85. The summed E-state index contributed by atoms with van der Waals surface area (Å²) in [7, 11) is 0. The molecule has 1 aromatic heterocycles. The zero-order chi connectivity index (χ0) is 9.38. The van der Waals surface area contributed by atoms with Crippen LogP contribution >= 0.6 is 11.5 Å². The third-order valence-corrected chi connectivity index (χ3v) is 3.61. The van der Waals surface area contributed by atoms with Crippen LogP contribution in [-0.2, 0) is 11.3 Å². The first-order valence-electron chi connectivity index (χ1n) is 5.06. The van der Waals surface area contributed by atoms with E-state index in [9.17, 15) is 0 Å². The first-order valence-corrected chi connectivity index (χ1v) is 5.90. The van der Waals surface area contributed by atoms with E-state index < -0.39 is 0 Å². The van der Waals surface area contributed by atoms with Crippen molar-refractivity contribution < 1.29 is 4.74 Å². The molecule has 3 heterocycles. The number of hydrogen-bond acceptors (Lipinski definition) is 5. The molecule has 76 valence electrons. The summed E-state index contributed by atoms with van der Waals surface area (Å²) in [5.41, 5.74) is 1.04. The summed E-state index contributed by atoms with van der Waals surface area (Å²) >= 11 is 1.41. The Morgan fingerprint density at radius 3 is 3.21 bits per heavy atom. The molecular formula is C9H13N3OS. The molecule has 1 N–H and O–H groups in total. The predicted molar refractivity (Wildman–Crippen MR) is 53.0 cm³/mol. The van der Waals surface area contributed by atoms with Crippen LogP contribution in [0.25, 0.3) is 0 Å². The number of rotatable bonds is 3. The van der Waals surface area contributed by atoms with E-state index in [0.29, 0.717) is 18.2 Å². The number of fused-ring (bicyclic) bond motifs is 2. The Morgan fingerprint density at radius 2 is 2.57 bits per heavy atom. The van der Waals surface area contributed by atoms with Crippen LogP contribution in [-0.4, -0.2) is 27.8 Å². The van der Waals surface area contributed by atoms with Gasteiger partial charge in [0.2, 0.25) is 0 Å². The topological polar surface area (TPSA) is 47.0 Å². The van der Waals surface area contributed by atoms with Crippen LogP contribution in [0.2, 0.25) is 0 Å². The molecule has 2 fully saturated rings. The second-order valence-corrected chi connectivity index (χ2v) is 4.60. The molecule has 0 saturated carbocycles. The molecule has 2 saturated heterocycles. The summed E-state index contributed by atoms with van der Waals surface area (Å²) in [6.45, 7) is 0.827. The van der Waals surface area contributed by atoms with Crippen LogP contribution in [0.3, 0.4) is 0 Å². The van der Waals surface area contributed by atoms with Gasteiger partial charge in [0.05, 0.1) is 17.9 Å². The fourth-order valence-corrected chi connectivity index (χ4v) is 2.80. The minimum atomic E-state index is 0.451. The molecule has 14 heavy (non-hydrogen) atoms. The van der Waals surface area contributed by atoms with Crippen LogP contribution < -0.4 is 5.32 Å². The molecule has 2 aliphatic rings. The lowest BCUT2D eigenvalue weighted by atomic mass is 9.95. The van der Waals surface area contributed by atoms with Gasteiger partial charge in [-0.25, -0.2) is 0 Å². The monoisotopic (exact) mass is 211 g/mol. The molecule has 0 spiro atoms. The van der Waals surface area contributed by atoms with E-state index in [4.69, 9.17) is 4.74 Å². The largest absolute Gasteiger partial charge is 0.373 e. The lowest BCUT2D eigenvalue weighted by molar-refractivity contribution is 0.0972. The standard InChI is InChI=1S/C9H13N3OS/c1-2-9-8(3-7(1)13-9)10-4-6-5-14-12-11-6/h5,7-10H,1-4H2. The van der Waals surface area contributed by atoms with Crippen LogP contribution in [0, 0.1) is 0 Å². The van der Waals surface area contributed by atoms with Gasteiger partial charge in [0.15, 0.2) is 0 Å². The van der Waals surface area contributed by atoms with E-state index >= 15 is 0 Å². The van der Waals surface area contributed by atoms with Gasteiger partial charge < -0.3 is 10.1 Å². The van der Waals surface area contributed by atoms with Gasteiger partial charge >= 0.3 is 0 Å². The average molecular weight is 211 g/mol. The molecule has 2 bridgehead atoms. The van der Waals surface area contributed by atoms with Crippen LogP contribution in [0.4, 0.5) is 0 Å². The quantitative estimate of drug-likeness (QED) is 0.808. The highest BCUT2D eigenvalue weighted by atomic mass is 32.1. The van der Waals surface area contributed by atoms with Crippen molar-refractivity contribution in [3.8, 4) is 0 Å². The molecule has 0 aliphatic carbocycles. The SMILES string of the molecule is c1snnc1CNC1CC2CCC1O2. The Morgan fingerprint density at radius 1 is 1.57 bits per heavy atom. The fourth-order valence-electron chi connectivity index (χ4n) is 2.35. The number of nitrogens with one attached hydrogen (secondary N) is 1. The van der Waals surface area contributed by atoms with Crippen molar-refractivity contribution in [1.29, 1.82) is 0 Å². The van der Waals surface area contributed by atoms with E-state index in [1.165, 1.54) is 30.8 Å². The Bertz CT molecular complexity index is 303. The van der Waals surface area contributed by atoms with E-state index in [1.54, 1.807) is 0 Å². The summed E-state index contributed by atoms with van der Waals surface area (Å²) < 4.78 is 9.59. The first kappa shape index (κ1) is 8.76. The minimum absolute atomic E-state index is 0.451. The fraction of sp³-hybridized carbons (Fsp3) is 0.778. The molecule has 3 atom stereocenters. The van der Waals surface area contributed by atoms with Crippen LogP contribution in [0.15, 0.2) is 5.38 Å². The lowest BCUT2D eigenvalue weighted by Crippen LogP contribution is -2.37. The number of aromatic nitrogens is 2. The normalized spacial score (nSPS) is 35.3. The number of ether oxygens (including phenoxy) is 1. The molecule has 3 rings (SSSR count). The number of hydrogen-bond donors (Lipinski definition) is 1. The molecule has 5 heteroatoms. The van der Waals surface area contributed by atoms with E-state index in [-0.39, 0.29) is 0 Å². The Hall–Kier alpha value is -0.520. The van der Waals surface area contributed by atoms with Crippen molar-refractivity contribution in [2.45, 2.75) is 44.1 Å². The highest BCUT2D eigenvalue weighted by Crippen LogP contribution is 2.34. The van der Waals surface area contributed by atoms with Gasteiger partial charge in [0, 0.05) is 18.0 Å². The molecule has 4 nitrogen and oxygen atoms in total. The van der Waals surface area contributed by atoms with Gasteiger partial charge in [-0.15, -0.1) is 5.10 Å². The van der Waals surface area contributed by atoms with E-state index in [1.807, 2.05) is 5.38 Å². The maximum atomic E-state index is 5.76. The minimum Gasteiger partial charge on any atom is -0.373 e. The van der Waals surface area contributed by atoms with Gasteiger partial charge in [-0.1, -0.05) is 4.49 Å². The van der Waals surface area contributed by atoms with Crippen molar-refractivity contribution in [2.75, 3.05) is 0 Å². The van der Waals surface area contributed by atoms with Gasteiger partial charge in [-0.3, -0.25) is 0 Å².